The minimum Gasteiger partial charge on any atom is -0.301 e. The van der Waals surface area contributed by atoms with Crippen LogP contribution in [0, 0.1) is 6.92 Å². The van der Waals surface area contributed by atoms with Gasteiger partial charge in [-0.1, -0.05) is 54.2 Å². The number of pyridine rings is 1. The Morgan fingerprint density at radius 2 is 1.92 bits per heavy atom. The fourth-order valence-electron chi connectivity index (χ4n) is 2.94. The first kappa shape index (κ1) is 15.8. The number of thioether (sulfide) groups is 1. The first-order valence-electron chi connectivity index (χ1n) is 8.17. The number of nitrogens with one attached hydrogen (secondary N) is 1. The van der Waals surface area contributed by atoms with Crippen LogP contribution >= 0.6 is 11.8 Å². The number of hydrogen-bond donors (Lipinski definition) is 1. The van der Waals surface area contributed by atoms with Crippen molar-refractivity contribution in [2.24, 2.45) is 4.99 Å². The van der Waals surface area contributed by atoms with E-state index < -0.39 is 0 Å². The van der Waals surface area contributed by atoms with Crippen molar-refractivity contribution >= 4 is 33.7 Å². The van der Waals surface area contributed by atoms with Gasteiger partial charge in [-0.3, -0.25) is 9.79 Å². The monoisotopic (exact) mass is 347 g/mol. The molecule has 2 aromatic carbocycles. The highest BCUT2D eigenvalue weighted by Gasteiger charge is 2.17. The number of rotatable bonds is 2. The zero-order valence-corrected chi connectivity index (χ0v) is 14.6. The van der Waals surface area contributed by atoms with Crippen molar-refractivity contribution in [3.05, 3.63) is 65.7 Å². The standard InChI is InChI=1S/C20H17N3OS/c1-13-6-2-3-7-14(13)18-12-16(15-8-4-5-9-17(15)22-18)19(24)23-20-21-10-11-25-20/h2-9,12H,10-11H2,1H3,(H,21,23,24). The van der Waals surface area contributed by atoms with Crippen LogP contribution < -0.4 is 5.32 Å². The van der Waals surface area contributed by atoms with Crippen LogP contribution in [0.25, 0.3) is 22.2 Å². The normalized spacial score (nSPS) is 13.7. The first-order chi connectivity index (χ1) is 12.2. The van der Waals surface area contributed by atoms with E-state index in [1.165, 1.54) is 0 Å². The number of amides is 1. The van der Waals surface area contributed by atoms with Gasteiger partial charge in [0, 0.05) is 16.7 Å². The molecule has 1 aliphatic rings. The van der Waals surface area contributed by atoms with Gasteiger partial charge in [-0.15, -0.1) is 0 Å². The van der Waals surface area contributed by atoms with E-state index in [0.29, 0.717) is 10.7 Å². The van der Waals surface area contributed by atoms with E-state index in [-0.39, 0.29) is 5.91 Å². The lowest BCUT2D eigenvalue weighted by atomic mass is 10.0. The molecule has 4 nitrogen and oxygen atoms in total. The Labute approximate surface area is 150 Å². The number of aliphatic imine (C=N–C) groups is 1. The Morgan fingerprint density at radius 1 is 1.12 bits per heavy atom. The van der Waals surface area contributed by atoms with Gasteiger partial charge in [0.1, 0.15) is 0 Å². The lowest BCUT2D eigenvalue weighted by molar-refractivity contribution is 0.0979. The smallest absolute Gasteiger partial charge is 0.257 e. The second-order valence-corrected chi connectivity index (χ2v) is 6.96. The van der Waals surface area contributed by atoms with Crippen LogP contribution in [0.1, 0.15) is 15.9 Å². The van der Waals surface area contributed by atoms with Crippen LogP contribution in [0.2, 0.25) is 0 Å². The van der Waals surface area contributed by atoms with E-state index in [1.54, 1.807) is 11.8 Å². The van der Waals surface area contributed by atoms with Crippen LogP contribution in [0.3, 0.4) is 0 Å². The molecule has 1 aromatic heterocycles. The highest BCUT2D eigenvalue weighted by molar-refractivity contribution is 8.14. The van der Waals surface area contributed by atoms with Gasteiger partial charge in [0.25, 0.3) is 5.91 Å². The third kappa shape index (κ3) is 3.15. The molecular formula is C20H17N3OS. The summed E-state index contributed by atoms with van der Waals surface area (Å²) in [7, 11) is 0. The third-order valence-corrected chi connectivity index (χ3v) is 5.08. The molecule has 0 unspecified atom stereocenters. The summed E-state index contributed by atoms with van der Waals surface area (Å²) in [6.45, 7) is 2.81. The van der Waals surface area contributed by atoms with Gasteiger partial charge in [-0.05, 0) is 24.6 Å². The predicted molar refractivity (Wildman–Crippen MR) is 104 cm³/mol. The maximum absolute atomic E-state index is 12.9. The van der Waals surface area contributed by atoms with Gasteiger partial charge < -0.3 is 5.32 Å². The number of carbonyl (C=O) groups is 1. The number of para-hydroxylation sites is 1. The van der Waals surface area contributed by atoms with Gasteiger partial charge in [0.15, 0.2) is 5.17 Å². The fourth-order valence-corrected chi connectivity index (χ4v) is 3.66. The summed E-state index contributed by atoms with van der Waals surface area (Å²) < 4.78 is 0. The second kappa shape index (κ2) is 6.69. The topological polar surface area (TPSA) is 54.4 Å². The van der Waals surface area contributed by atoms with Gasteiger partial charge in [-0.2, -0.15) is 0 Å². The summed E-state index contributed by atoms with van der Waals surface area (Å²) >= 11 is 1.58. The SMILES string of the molecule is Cc1ccccc1-c1cc(C(=O)NC2=NCCS2)c2ccccc2n1. The van der Waals surface area contributed by atoms with Gasteiger partial charge in [0.2, 0.25) is 0 Å². The number of carbonyl (C=O) groups excluding carboxylic acids is 1. The number of amidine groups is 1. The highest BCUT2D eigenvalue weighted by atomic mass is 32.2. The summed E-state index contributed by atoms with van der Waals surface area (Å²) in [6, 6.07) is 17.7. The van der Waals surface area contributed by atoms with Crippen molar-refractivity contribution in [2.75, 3.05) is 12.3 Å². The Morgan fingerprint density at radius 3 is 2.72 bits per heavy atom. The van der Waals surface area contributed by atoms with Gasteiger partial charge in [-0.25, -0.2) is 4.98 Å². The molecule has 0 bridgehead atoms. The molecule has 5 heteroatoms. The minimum atomic E-state index is -0.137. The number of nitrogens with zero attached hydrogens (tertiary/aromatic N) is 2. The largest absolute Gasteiger partial charge is 0.301 e. The molecule has 0 fully saturated rings. The lowest BCUT2D eigenvalue weighted by Gasteiger charge is -2.11. The summed E-state index contributed by atoms with van der Waals surface area (Å²) in [4.78, 5) is 21.9. The minimum absolute atomic E-state index is 0.137. The second-order valence-electron chi connectivity index (χ2n) is 5.88. The zero-order chi connectivity index (χ0) is 17.2. The Balaban J connectivity index is 1.84. The molecule has 1 N–H and O–H groups in total. The van der Waals surface area contributed by atoms with Crippen LogP contribution in [-0.4, -0.2) is 28.4 Å². The van der Waals surface area contributed by atoms with E-state index in [9.17, 15) is 4.79 Å². The average molecular weight is 347 g/mol. The molecular weight excluding hydrogens is 330 g/mol. The van der Waals surface area contributed by atoms with E-state index in [0.717, 1.165) is 40.0 Å². The summed E-state index contributed by atoms with van der Waals surface area (Å²) in [6.07, 6.45) is 0. The first-order valence-corrected chi connectivity index (χ1v) is 9.15. The van der Waals surface area contributed by atoms with Crippen LogP contribution in [0.5, 0.6) is 0 Å². The Hall–Kier alpha value is -2.66. The summed E-state index contributed by atoms with van der Waals surface area (Å²) in [5.74, 6) is 0.780. The Bertz CT molecular complexity index is 997. The van der Waals surface area contributed by atoms with Crippen molar-refractivity contribution < 1.29 is 4.79 Å². The number of hydrogen-bond acceptors (Lipinski definition) is 4. The van der Waals surface area contributed by atoms with Crippen molar-refractivity contribution in [2.45, 2.75) is 6.92 Å². The maximum Gasteiger partial charge on any atom is 0.257 e. The van der Waals surface area contributed by atoms with E-state index in [1.807, 2.05) is 48.5 Å². The average Bonchev–Trinajstić information content (AvgIpc) is 3.14. The molecule has 0 saturated heterocycles. The molecule has 0 aliphatic carbocycles. The number of aryl methyl sites for hydroxylation is 1. The molecule has 1 amide bonds. The zero-order valence-electron chi connectivity index (χ0n) is 13.8. The Kier molecular flexibility index (Phi) is 4.24. The quantitative estimate of drug-likeness (QED) is 0.761. The van der Waals surface area contributed by atoms with Crippen molar-refractivity contribution in [1.82, 2.24) is 10.3 Å². The molecule has 25 heavy (non-hydrogen) atoms. The molecule has 0 radical (unpaired) electrons. The third-order valence-electron chi connectivity index (χ3n) is 4.19. The number of aromatic nitrogens is 1. The molecule has 1 aliphatic heterocycles. The van der Waals surface area contributed by atoms with E-state index >= 15 is 0 Å². The summed E-state index contributed by atoms with van der Waals surface area (Å²) in [5, 5.41) is 4.47. The molecule has 0 saturated carbocycles. The van der Waals surface area contributed by atoms with Crippen molar-refractivity contribution in [3.63, 3.8) is 0 Å². The van der Waals surface area contributed by atoms with Crippen molar-refractivity contribution in [1.29, 1.82) is 0 Å². The highest BCUT2D eigenvalue weighted by Crippen LogP contribution is 2.27. The molecule has 3 aromatic rings. The summed E-state index contributed by atoms with van der Waals surface area (Å²) in [5.41, 5.74) is 4.42. The molecule has 2 heterocycles. The van der Waals surface area contributed by atoms with E-state index in [4.69, 9.17) is 4.98 Å². The molecule has 4 rings (SSSR count). The van der Waals surface area contributed by atoms with E-state index in [2.05, 4.69) is 23.3 Å². The maximum atomic E-state index is 12.9. The number of fused-ring (bicyclic) bond motifs is 1. The number of benzene rings is 2. The van der Waals surface area contributed by atoms with Crippen LogP contribution in [0.15, 0.2) is 59.6 Å². The van der Waals surface area contributed by atoms with Gasteiger partial charge >= 0.3 is 0 Å². The predicted octanol–water partition coefficient (Wildman–Crippen LogP) is 4.04. The van der Waals surface area contributed by atoms with Crippen LogP contribution in [-0.2, 0) is 0 Å². The van der Waals surface area contributed by atoms with Crippen molar-refractivity contribution in [3.8, 4) is 11.3 Å². The van der Waals surface area contributed by atoms with Gasteiger partial charge in [0.05, 0.1) is 23.3 Å². The fraction of sp³-hybridized carbons (Fsp3) is 0.150. The molecule has 0 atom stereocenters. The van der Waals surface area contributed by atoms with Crippen LogP contribution in [0.4, 0.5) is 0 Å². The lowest BCUT2D eigenvalue weighted by Crippen LogP contribution is -2.27. The molecule has 0 spiro atoms. The molecule has 124 valence electrons.